The zero-order valence-electron chi connectivity index (χ0n) is 17.7. The van der Waals surface area contributed by atoms with Crippen molar-refractivity contribution in [3.05, 3.63) is 47.9 Å². The zero-order chi connectivity index (χ0) is 21.9. The Kier molecular flexibility index (Phi) is 6.79. The first kappa shape index (κ1) is 22.3. The number of rotatable bonds is 7. The van der Waals surface area contributed by atoms with Crippen molar-refractivity contribution in [1.29, 1.82) is 0 Å². The third-order valence-electron chi connectivity index (χ3n) is 5.38. The van der Waals surface area contributed by atoms with Crippen LogP contribution in [0.4, 0.5) is 0 Å². The van der Waals surface area contributed by atoms with Crippen LogP contribution >= 0.6 is 0 Å². The molecule has 1 fully saturated rings. The fourth-order valence-electron chi connectivity index (χ4n) is 3.30. The molecule has 1 saturated heterocycles. The van der Waals surface area contributed by atoms with Gasteiger partial charge < -0.3 is 14.2 Å². The molecular weight excluding hydrogens is 408 g/mol. The predicted octanol–water partition coefficient (Wildman–Crippen LogP) is 2.16. The number of piperidine rings is 1. The average molecular weight is 437 g/mol. The van der Waals surface area contributed by atoms with Gasteiger partial charge in [0.1, 0.15) is 23.8 Å². The van der Waals surface area contributed by atoms with Crippen molar-refractivity contribution < 1.29 is 22.5 Å². The van der Waals surface area contributed by atoms with Crippen LogP contribution in [0.5, 0.6) is 5.75 Å². The van der Waals surface area contributed by atoms with E-state index in [1.807, 2.05) is 6.92 Å². The van der Waals surface area contributed by atoms with Crippen LogP contribution in [0.25, 0.3) is 0 Å². The van der Waals surface area contributed by atoms with E-state index in [0.29, 0.717) is 42.9 Å². The number of nitrogens with zero attached hydrogens (tertiary/aromatic N) is 4. The fraction of sp³-hybridized carbons (Fsp3) is 0.500. The van der Waals surface area contributed by atoms with Gasteiger partial charge in [-0.25, -0.2) is 0 Å². The second-order valence-electron chi connectivity index (χ2n) is 7.55. The minimum absolute atomic E-state index is 0.0602. The molecule has 1 amide bonds. The molecule has 9 nitrogen and oxygen atoms in total. The largest absolute Gasteiger partial charge is 0.490 e. The number of benzene rings is 1. The van der Waals surface area contributed by atoms with E-state index in [1.165, 1.54) is 29.0 Å². The molecule has 0 radical (unpaired) electrons. The van der Waals surface area contributed by atoms with Gasteiger partial charge in [0, 0.05) is 45.9 Å². The Morgan fingerprint density at radius 1 is 1.17 bits per heavy atom. The Hall–Kier alpha value is -2.43. The third-order valence-corrected chi connectivity index (χ3v) is 7.32. The molecule has 0 N–H and O–H groups in total. The summed E-state index contributed by atoms with van der Waals surface area (Å²) in [6.45, 7) is 2.73. The lowest BCUT2D eigenvalue weighted by atomic mass is 10.1. The van der Waals surface area contributed by atoms with E-state index in [9.17, 15) is 13.2 Å². The second kappa shape index (κ2) is 9.15. The summed E-state index contributed by atoms with van der Waals surface area (Å²) in [4.78, 5) is 14.3. The highest BCUT2D eigenvalue weighted by Crippen LogP contribution is 2.23. The van der Waals surface area contributed by atoms with Gasteiger partial charge in [0.2, 0.25) is 0 Å². The molecule has 0 saturated carbocycles. The Bertz CT molecular complexity index is 936. The maximum absolute atomic E-state index is 12.7. The van der Waals surface area contributed by atoms with Gasteiger partial charge in [-0.2, -0.15) is 17.0 Å². The lowest BCUT2D eigenvalue weighted by Gasteiger charge is -2.32. The fourth-order valence-corrected chi connectivity index (χ4v) is 4.43. The van der Waals surface area contributed by atoms with Crippen LogP contribution in [0, 0.1) is 0 Å². The molecule has 1 aliphatic heterocycles. The Balaban J connectivity index is 1.56. The molecule has 0 aliphatic carbocycles. The predicted molar refractivity (Wildman–Crippen MR) is 111 cm³/mol. The quantitative estimate of drug-likeness (QED) is 0.660. The summed E-state index contributed by atoms with van der Waals surface area (Å²) in [6, 6.07) is 8.52. The highest BCUT2D eigenvalue weighted by molar-refractivity contribution is 7.86. The first-order valence-corrected chi connectivity index (χ1v) is 11.2. The molecule has 1 aromatic carbocycles. The third kappa shape index (κ3) is 4.82. The number of aromatic nitrogens is 1. The highest BCUT2D eigenvalue weighted by atomic mass is 32.2. The number of carbonyl (C=O) groups is 1. The normalized spacial score (nSPS) is 17.1. The molecule has 2 aromatic rings. The summed E-state index contributed by atoms with van der Waals surface area (Å²) in [6.07, 6.45) is 2.66. The molecule has 1 aromatic heterocycles. The Morgan fingerprint density at radius 3 is 2.33 bits per heavy atom. The molecule has 3 rings (SSSR count). The average Bonchev–Trinajstić information content (AvgIpc) is 3.28. The van der Waals surface area contributed by atoms with Gasteiger partial charge in [0.25, 0.3) is 16.1 Å². The summed E-state index contributed by atoms with van der Waals surface area (Å²) in [5, 5.41) is 3.89. The summed E-state index contributed by atoms with van der Waals surface area (Å²) < 4.78 is 37.9. The molecule has 0 unspecified atom stereocenters. The minimum atomic E-state index is -3.38. The van der Waals surface area contributed by atoms with Gasteiger partial charge in [0.05, 0.1) is 6.04 Å². The first-order valence-electron chi connectivity index (χ1n) is 9.82. The maximum Gasteiger partial charge on any atom is 0.281 e. The van der Waals surface area contributed by atoms with Crippen molar-refractivity contribution in [2.45, 2.75) is 31.9 Å². The molecule has 10 heteroatoms. The maximum atomic E-state index is 12.7. The van der Waals surface area contributed by atoms with Crippen molar-refractivity contribution in [3.8, 4) is 5.75 Å². The van der Waals surface area contributed by atoms with Crippen molar-refractivity contribution >= 4 is 16.1 Å². The van der Waals surface area contributed by atoms with E-state index < -0.39 is 10.2 Å². The Morgan fingerprint density at radius 2 is 1.80 bits per heavy atom. The lowest BCUT2D eigenvalue weighted by Crippen LogP contribution is -2.46. The Labute approximate surface area is 177 Å². The van der Waals surface area contributed by atoms with Crippen molar-refractivity contribution in [2.75, 3.05) is 34.2 Å². The van der Waals surface area contributed by atoms with Gasteiger partial charge in [-0.15, -0.1) is 0 Å². The monoisotopic (exact) mass is 436 g/mol. The zero-order valence-corrected chi connectivity index (χ0v) is 18.5. The van der Waals surface area contributed by atoms with E-state index in [4.69, 9.17) is 9.26 Å². The molecule has 164 valence electrons. The molecule has 1 atom stereocenters. The topological polar surface area (TPSA) is 96.2 Å². The molecule has 0 bridgehead atoms. The van der Waals surface area contributed by atoms with E-state index >= 15 is 0 Å². The summed E-state index contributed by atoms with van der Waals surface area (Å²) in [7, 11) is 1.40. The van der Waals surface area contributed by atoms with Crippen LogP contribution in [-0.4, -0.2) is 73.3 Å². The van der Waals surface area contributed by atoms with Crippen LogP contribution in [-0.2, 0) is 10.2 Å². The molecule has 2 heterocycles. The number of hydrogen-bond acceptors (Lipinski definition) is 6. The SMILES string of the molecule is C[C@H](c1ccon1)N(C)C(=O)c1ccc(OC2CCN(S(=O)(=O)N(C)C)CC2)cc1. The number of amides is 1. The molecule has 30 heavy (non-hydrogen) atoms. The summed E-state index contributed by atoms with van der Waals surface area (Å²) in [5.41, 5.74) is 1.24. The van der Waals surface area contributed by atoms with Crippen molar-refractivity contribution in [1.82, 2.24) is 18.7 Å². The van der Waals surface area contributed by atoms with Crippen LogP contribution in [0.15, 0.2) is 41.1 Å². The van der Waals surface area contributed by atoms with Crippen LogP contribution in [0.3, 0.4) is 0 Å². The van der Waals surface area contributed by atoms with Gasteiger partial charge in [-0.3, -0.25) is 4.79 Å². The standard InChI is InChI=1S/C20H28N4O5S/c1-15(19-11-14-28-21-19)23(4)20(25)16-5-7-17(8-6-16)29-18-9-12-24(13-10-18)30(26,27)22(2)3/h5-8,11,14-15,18H,9-10,12-13H2,1-4H3/t15-/m1/s1. The molecule has 1 aliphatic rings. The summed E-state index contributed by atoms with van der Waals surface area (Å²) in [5.74, 6) is 0.534. The van der Waals surface area contributed by atoms with Crippen molar-refractivity contribution in [3.63, 3.8) is 0 Å². The van der Waals surface area contributed by atoms with Gasteiger partial charge in [-0.1, -0.05) is 5.16 Å². The minimum Gasteiger partial charge on any atom is -0.490 e. The van der Waals surface area contributed by atoms with Crippen LogP contribution < -0.4 is 4.74 Å². The van der Waals surface area contributed by atoms with Crippen LogP contribution in [0.1, 0.15) is 41.9 Å². The first-order chi connectivity index (χ1) is 14.2. The lowest BCUT2D eigenvalue weighted by molar-refractivity contribution is 0.0737. The number of ether oxygens (including phenoxy) is 1. The number of hydrogen-bond donors (Lipinski definition) is 0. The van der Waals surface area contributed by atoms with E-state index in [1.54, 1.807) is 42.3 Å². The molecule has 0 spiro atoms. The van der Waals surface area contributed by atoms with Crippen molar-refractivity contribution in [2.24, 2.45) is 0 Å². The second-order valence-corrected chi connectivity index (χ2v) is 9.69. The smallest absolute Gasteiger partial charge is 0.281 e. The van der Waals surface area contributed by atoms with Crippen LogP contribution in [0.2, 0.25) is 0 Å². The van der Waals surface area contributed by atoms with Gasteiger partial charge in [0.15, 0.2) is 0 Å². The summed E-state index contributed by atoms with van der Waals surface area (Å²) >= 11 is 0. The van der Waals surface area contributed by atoms with Gasteiger partial charge in [-0.05, 0) is 44.0 Å². The van der Waals surface area contributed by atoms with E-state index in [-0.39, 0.29) is 18.1 Å². The highest BCUT2D eigenvalue weighted by Gasteiger charge is 2.30. The van der Waals surface area contributed by atoms with E-state index in [2.05, 4.69) is 5.16 Å². The number of carbonyl (C=O) groups excluding carboxylic acids is 1. The molecular formula is C20H28N4O5S. The van der Waals surface area contributed by atoms with E-state index in [0.717, 1.165) is 0 Å². The van der Waals surface area contributed by atoms with Gasteiger partial charge >= 0.3 is 0 Å².